The average Bonchev–Trinajstić information content (AvgIpc) is 2.87. The van der Waals surface area contributed by atoms with Crippen LogP contribution in [0.5, 0.6) is 0 Å². The fourth-order valence-electron chi connectivity index (χ4n) is 2.59. The molecule has 4 heteroatoms. The lowest BCUT2D eigenvalue weighted by atomic mass is 10.2. The maximum absolute atomic E-state index is 5.68. The van der Waals surface area contributed by atoms with Gasteiger partial charge in [0, 0.05) is 38.3 Å². The summed E-state index contributed by atoms with van der Waals surface area (Å²) in [5.74, 6) is 1.78. The average molecular weight is 279 g/mol. The highest BCUT2D eigenvalue weighted by Crippen LogP contribution is 2.12. The van der Waals surface area contributed by atoms with Gasteiger partial charge in [0.2, 0.25) is 0 Å². The van der Waals surface area contributed by atoms with Crippen molar-refractivity contribution in [1.29, 1.82) is 0 Å². The third kappa shape index (κ3) is 4.93. The minimum Gasteiger partial charge on any atom is -0.468 e. The number of nitrogens with zero attached hydrogens (tertiary/aromatic N) is 2. The van der Waals surface area contributed by atoms with Crippen molar-refractivity contribution in [2.75, 3.05) is 39.3 Å². The molecule has 0 bridgehead atoms. The summed E-state index contributed by atoms with van der Waals surface area (Å²) < 4.78 is 5.68. The van der Waals surface area contributed by atoms with Crippen LogP contribution < -0.4 is 5.32 Å². The molecular weight excluding hydrogens is 250 g/mol. The summed E-state index contributed by atoms with van der Waals surface area (Å²) in [6.45, 7) is 15.4. The molecule has 1 aliphatic heterocycles. The van der Waals surface area contributed by atoms with Crippen LogP contribution >= 0.6 is 0 Å². The van der Waals surface area contributed by atoms with Gasteiger partial charge in [0.1, 0.15) is 5.76 Å². The summed E-state index contributed by atoms with van der Waals surface area (Å²) in [7, 11) is 0. The molecule has 20 heavy (non-hydrogen) atoms. The SMILES string of the molecule is CCN1CCN(Cc2cc(CNCC(C)C)co2)CC1. The lowest BCUT2D eigenvalue weighted by molar-refractivity contribution is 0.125. The summed E-state index contributed by atoms with van der Waals surface area (Å²) >= 11 is 0. The third-order valence-electron chi connectivity index (χ3n) is 3.88. The van der Waals surface area contributed by atoms with Gasteiger partial charge in [0.15, 0.2) is 0 Å². The third-order valence-corrected chi connectivity index (χ3v) is 3.88. The fourth-order valence-corrected chi connectivity index (χ4v) is 2.59. The van der Waals surface area contributed by atoms with Crippen molar-refractivity contribution < 1.29 is 4.42 Å². The molecule has 1 fully saturated rings. The Balaban J connectivity index is 1.72. The van der Waals surface area contributed by atoms with E-state index < -0.39 is 0 Å². The van der Waals surface area contributed by atoms with Crippen molar-refractivity contribution in [2.45, 2.75) is 33.9 Å². The molecule has 1 aliphatic rings. The van der Waals surface area contributed by atoms with E-state index in [2.05, 4.69) is 42.0 Å². The predicted molar refractivity (Wildman–Crippen MR) is 82.6 cm³/mol. The Morgan fingerprint density at radius 2 is 1.90 bits per heavy atom. The van der Waals surface area contributed by atoms with E-state index in [0.717, 1.165) is 38.5 Å². The molecule has 0 saturated carbocycles. The maximum atomic E-state index is 5.68. The van der Waals surface area contributed by atoms with Crippen LogP contribution in [0, 0.1) is 5.92 Å². The van der Waals surface area contributed by atoms with E-state index in [9.17, 15) is 0 Å². The molecule has 114 valence electrons. The Morgan fingerprint density at radius 1 is 1.20 bits per heavy atom. The maximum Gasteiger partial charge on any atom is 0.118 e. The number of rotatable bonds is 7. The first-order valence-electron chi connectivity index (χ1n) is 7.89. The van der Waals surface area contributed by atoms with E-state index in [4.69, 9.17) is 4.42 Å². The standard InChI is InChI=1S/C16H29N3O/c1-4-18-5-7-19(8-6-18)12-16-9-15(13-20-16)11-17-10-14(2)3/h9,13-14,17H,4-8,10-12H2,1-3H3. The highest BCUT2D eigenvalue weighted by molar-refractivity contribution is 5.12. The molecule has 1 N–H and O–H groups in total. The molecule has 4 nitrogen and oxygen atoms in total. The van der Waals surface area contributed by atoms with Crippen LogP contribution in [0.3, 0.4) is 0 Å². The van der Waals surface area contributed by atoms with Gasteiger partial charge in [-0.15, -0.1) is 0 Å². The molecule has 2 rings (SSSR count). The topological polar surface area (TPSA) is 31.6 Å². The van der Waals surface area contributed by atoms with Gasteiger partial charge in [-0.25, -0.2) is 0 Å². The van der Waals surface area contributed by atoms with Gasteiger partial charge in [-0.05, 0) is 25.1 Å². The molecule has 1 aromatic rings. The zero-order chi connectivity index (χ0) is 14.4. The quantitative estimate of drug-likeness (QED) is 0.829. The van der Waals surface area contributed by atoms with Crippen LogP contribution in [-0.4, -0.2) is 49.1 Å². The van der Waals surface area contributed by atoms with E-state index in [-0.39, 0.29) is 0 Å². The van der Waals surface area contributed by atoms with Crippen molar-refractivity contribution in [3.8, 4) is 0 Å². The fraction of sp³-hybridized carbons (Fsp3) is 0.750. The number of hydrogen-bond acceptors (Lipinski definition) is 4. The van der Waals surface area contributed by atoms with Gasteiger partial charge in [0.25, 0.3) is 0 Å². The summed E-state index contributed by atoms with van der Waals surface area (Å²) in [6.07, 6.45) is 1.89. The molecule has 1 aromatic heterocycles. The lowest BCUT2D eigenvalue weighted by Gasteiger charge is -2.33. The molecule has 0 radical (unpaired) electrons. The highest BCUT2D eigenvalue weighted by Gasteiger charge is 2.16. The Morgan fingerprint density at radius 3 is 2.55 bits per heavy atom. The van der Waals surface area contributed by atoms with E-state index in [0.29, 0.717) is 5.92 Å². The largest absolute Gasteiger partial charge is 0.468 e. The zero-order valence-corrected chi connectivity index (χ0v) is 13.2. The van der Waals surface area contributed by atoms with Crippen LogP contribution in [0.2, 0.25) is 0 Å². The van der Waals surface area contributed by atoms with Crippen LogP contribution in [-0.2, 0) is 13.1 Å². The Hall–Kier alpha value is -0.840. The second-order valence-corrected chi connectivity index (χ2v) is 6.16. The summed E-state index contributed by atoms with van der Waals surface area (Å²) in [6, 6.07) is 2.19. The number of hydrogen-bond donors (Lipinski definition) is 1. The van der Waals surface area contributed by atoms with Crippen LogP contribution in [0.15, 0.2) is 16.7 Å². The molecule has 0 aliphatic carbocycles. The molecule has 0 spiro atoms. The van der Waals surface area contributed by atoms with Crippen LogP contribution in [0.25, 0.3) is 0 Å². The Labute approximate surface area is 123 Å². The predicted octanol–water partition coefficient (Wildman–Crippen LogP) is 2.16. The van der Waals surface area contributed by atoms with E-state index in [1.54, 1.807) is 0 Å². The first kappa shape index (κ1) is 15.5. The molecular formula is C16H29N3O. The van der Waals surface area contributed by atoms with Gasteiger partial charge in [-0.3, -0.25) is 4.90 Å². The molecule has 0 aromatic carbocycles. The number of piperazine rings is 1. The number of nitrogens with one attached hydrogen (secondary N) is 1. The van der Waals surface area contributed by atoms with E-state index >= 15 is 0 Å². The second kappa shape index (κ2) is 7.81. The second-order valence-electron chi connectivity index (χ2n) is 6.16. The monoisotopic (exact) mass is 279 g/mol. The van der Waals surface area contributed by atoms with Crippen molar-refractivity contribution in [1.82, 2.24) is 15.1 Å². The van der Waals surface area contributed by atoms with Crippen LogP contribution in [0.1, 0.15) is 32.1 Å². The first-order chi connectivity index (χ1) is 9.67. The minimum absolute atomic E-state index is 0.691. The van der Waals surface area contributed by atoms with Gasteiger partial charge < -0.3 is 14.6 Å². The van der Waals surface area contributed by atoms with E-state index in [1.807, 2.05) is 6.26 Å². The highest BCUT2D eigenvalue weighted by atomic mass is 16.3. The van der Waals surface area contributed by atoms with Gasteiger partial charge >= 0.3 is 0 Å². The van der Waals surface area contributed by atoms with Crippen LogP contribution in [0.4, 0.5) is 0 Å². The first-order valence-corrected chi connectivity index (χ1v) is 7.89. The Bertz CT molecular complexity index is 381. The van der Waals surface area contributed by atoms with E-state index in [1.165, 1.54) is 25.2 Å². The van der Waals surface area contributed by atoms with Crippen molar-refractivity contribution in [3.05, 3.63) is 23.7 Å². The van der Waals surface area contributed by atoms with Crippen molar-refractivity contribution >= 4 is 0 Å². The summed E-state index contributed by atoms with van der Waals surface area (Å²) in [5, 5.41) is 3.45. The van der Waals surface area contributed by atoms with Crippen molar-refractivity contribution in [2.24, 2.45) is 5.92 Å². The normalized spacial score (nSPS) is 18.0. The molecule has 1 saturated heterocycles. The summed E-state index contributed by atoms with van der Waals surface area (Å²) in [4.78, 5) is 4.98. The van der Waals surface area contributed by atoms with Gasteiger partial charge in [-0.2, -0.15) is 0 Å². The number of likely N-dealkylation sites (N-methyl/N-ethyl adjacent to an activating group) is 1. The summed E-state index contributed by atoms with van der Waals surface area (Å²) in [5.41, 5.74) is 1.26. The molecule has 2 heterocycles. The molecule has 0 unspecified atom stereocenters. The molecule has 0 amide bonds. The van der Waals surface area contributed by atoms with Gasteiger partial charge in [0.05, 0.1) is 12.8 Å². The zero-order valence-electron chi connectivity index (χ0n) is 13.2. The minimum atomic E-state index is 0.691. The molecule has 0 atom stereocenters. The van der Waals surface area contributed by atoms with Crippen molar-refractivity contribution in [3.63, 3.8) is 0 Å². The Kier molecular flexibility index (Phi) is 6.07. The smallest absolute Gasteiger partial charge is 0.118 e. The van der Waals surface area contributed by atoms with Gasteiger partial charge in [-0.1, -0.05) is 20.8 Å². The lowest BCUT2D eigenvalue weighted by Crippen LogP contribution is -2.45. The number of furan rings is 1.